The predicted molar refractivity (Wildman–Crippen MR) is 111 cm³/mol. The third-order valence-electron chi connectivity index (χ3n) is 4.77. The summed E-state index contributed by atoms with van der Waals surface area (Å²) < 4.78 is 3.52. The summed E-state index contributed by atoms with van der Waals surface area (Å²) in [5, 5.41) is 12.4. The zero-order chi connectivity index (χ0) is 19.1. The van der Waals surface area contributed by atoms with Gasteiger partial charge in [0.15, 0.2) is 0 Å². The van der Waals surface area contributed by atoms with Gasteiger partial charge >= 0.3 is 0 Å². The standard InChI is InChI=1S/C22H17N5O/c1-15-24-25-22-26(15)20-10-6-5-9-19(20)21(28)27(22)18-13-11-17(12-14-18)23-16-7-3-2-4-8-16/h2-14,23H,1H3. The molecule has 5 aromatic rings. The number of nitrogens with zero attached hydrogens (tertiary/aromatic N) is 4. The van der Waals surface area contributed by atoms with Crippen molar-refractivity contribution in [1.82, 2.24) is 19.2 Å². The first-order valence-corrected chi connectivity index (χ1v) is 9.00. The highest BCUT2D eigenvalue weighted by molar-refractivity contribution is 5.81. The molecule has 5 rings (SSSR count). The normalized spacial score (nSPS) is 11.2. The lowest BCUT2D eigenvalue weighted by Gasteiger charge is -2.12. The first-order chi connectivity index (χ1) is 13.7. The van der Waals surface area contributed by atoms with Crippen LogP contribution in [0.1, 0.15) is 5.82 Å². The predicted octanol–water partition coefficient (Wildman–Crippen LogP) is 4.09. The van der Waals surface area contributed by atoms with Crippen molar-refractivity contribution >= 4 is 28.1 Å². The van der Waals surface area contributed by atoms with E-state index >= 15 is 0 Å². The second-order valence-corrected chi connectivity index (χ2v) is 6.58. The SMILES string of the molecule is Cc1nnc2n(-c3ccc(Nc4ccccc4)cc3)c(=O)c3ccccc3n12. The molecule has 0 saturated carbocycles. The molecule has 0 aliphatic carbocycles. The summed E-state index contributed by atoms with van der Waals surface area (Å²) in [6.07, 6.45) is 0. The van der Waals surface area contributed by atoms with E-state index in [2.05, 4.69) is 15.5 Å². The molecule has 0 aliphatic heterocycles. The van der Waals surface area contributed by atoms with Crippen LogP contribution in [0.15, 0.2) is 83.7 Å². The van der Waals surface area contributed by atoms with Crippen LogP contribution in [0.3, 0.4) is 0 Å². The lowest BCUT2D eigenvalue weighted by molar-refractivity contribution is 0.965. The summed E-state index contributed by atoms with van der Waals surface area (Å²) in [6.45, 7) is 1.88. The third-order valence-corrected chi connectivity index (χ3v) is 4.77. The van der Waals surface area contributed by atoms with Crippen LogP contribution in [0.4, 0.5) is 11.4 Å². The first kappa shape index (κ1) is 16.3. The van der Waals surface area contributed by atoms with Gasteiger partial charge in [-0.2, -0.15) is 0 Å². The average Bonchev–Trinajstić information content (AvgIpc) is 3.12. The van der Waals surface area contributed by atoms with Crippen molar-refractivity contribution in [2.75, 3.05) is 5.32 Å². The minimum absolute atomic E-state index is 0.112. The number of aromatic nitrogens is 4. The van der Waals surface area contributed by atoms with Crippen LogP contribution < -0.4 is 10.9 Å². The Bertz CT molecular complexity index is 1350. The number of rotatable bonds is 3. The number of hydrogen-bond acceptors (Lipinski definition) is 4. The monoisotopic (exact) mass is 367 g/mol. The summed E-state index contributed by atoms with van der Waals surface area (Å²) in [5.74, 6) is 1.24. The van der Waals surface area contributed by atoms with Gasteiger partial charge in [0.2, 0.25) is 5.78 Å². The molecule has 2 heterocycles. The maximum absolute atomic E-state index is 13.2. The fourth-order valence-corrected chi connectivity index (χ4v) is 3.45. The Morgan fingerprint density at radius 3 is 2.25 bits per heavy atom. The Morgan fingerprint density at radius 1 is 0.786 bits per heavy atom. The van der Waals surface area contributed by atoms with E-state index in [-0.39, 0.29) is 5.56 Å². The molecule has 2 aromatic heterocycles. The molecule has 136 valence electrons. The third kappa shape index (κ3) is 2.54. The Morgan fingerprint density at radius 2 is 1.46 bits per heavy atom. The van der Waals surface area contributed by atoms with Gasteiger partial charge in [-0.15, -0.1) is 10.2 Å². The molecule has 28 heavy (non-hydrogen) atoms. The summed E-state index contributed by atoms with van der Waals surface area (Å²) in [4.78, 5) is 13.2. The van der Waals surface area contributed by atoms with E-state index in [4.69, 9.17) is 0 Å². The van der Waals surface area contributed by atoms with E-state index in [0.29, 0.717) is 11.2 Å². The van der Waals surface area contributed by atoms with E-state index in [1.165, 1.54) is 0 Å². The van der Waals surface area contributed by atoms with E-state index < -0.39 is 0 Å². The molecule has 0 radical (unpaired) electrons. The zero-order valence-electron chi connectivity index (χ0n) is 15.2. The van der Waals surface area contributed by atoms with Crippen molar-refractivity contribution in [3.8, 4) is 5.69 Å². The van der Waals surface area contributed by atoms with Crippen LogP contribution in [0, 0.1) is 6.92 Å². The second-order valence-electron chi connectivity index (χ2n) is 6.58. The maximum atomic E-state index is 13.2. The van der Waals surface area contributed by atoms with Crippen LogP contribution in [0.5, 0.6) is 0 Å². The molecule has 6 nitrogen and oxygen atoms in total. The fourth-order valence-electron chi connectivity index (χ4n) is 3.45. The quantitative estimate of drug-likeness (QED) is 0.522. The van der Waals surface area contributed by atoms with Crippen molar-refractivity contribution in [3.05, 3.63) is 95.0 Å². The Labute approximate surface area is 160 Å². The minimum Gasteiger partial charge on any atom is -0.356 e. The summed E-state index contributed by atoms with van der Waals surface area (Å²) >= 11 is 0. The van der Waals surface area contributed by atoms with Gasteiger partial charge in [0, 0.05) is 11.4 Å². The van der Waals surface area contributed by atoms with Crippen LogP contribution in [0.25, 0.3) is 22.4 Å². The molecule has 1 N–H and O–H groups in total. The van der Waals surface area contributed by atoms with Gasteiger partial charge in [-0.3, -0.25) is 9.20 Å². The van der Waals surface area contributed by atoms with Crippen LogP contribution in [0.2, 0.25) is 0 Å². The Hall–Kier alpha value is -3.93. The number of aryl methyl sites for hydroxylation is 1. The molecular weight excluding hydrogens is 350 g/mol. The molecule has 0 aliphatic rings. The average molecular weight is 367 g/mol. The molecular formula is C22H17N5O. The fraction of sp³-hybridized carbons (Fsp3) is 0.0455. The summed E-state index contributed by atoms with van der Waals surface area (Å²) in [6, 6.07) is 25.2. The number of benzene rings is 3. The Balaban J connectivity index is 1.66. The van der Waals surface area contributed by atoms with Crippen molar-refractivity contribution in [1.29, 1.82) is 0 Å². The van der Waals surface area contributed by atoms with Gasteiger partial charge in [-0.25, -0.2) is 4.57 Å². The van der Waals surface area contributed by atoms with Gasteiger partial charge < -0.3 is 5.32 Å². The molecule has 0 spiro atoms. The molecule has 0 bridgehead atoms. The molecule has 0 unspecified atom stereocenters. The maximum Gasteiger partial charge on any atom is 0.267 e. The van der Waals surface area contributed by atoms with Crippen LogP contribution in [-0.2, 0) is 0 Å². The number of fused-ring (bicyclic) bond motifs is 3. The second kappa shape index (κ2) is 6.35. The largest absolute Gasteiger partial charge is 0.356 e. The molecule has 0 atom stereocenters. The van der Waals surface area contributed by atoms with E-state index in [1.54, 1.807) is 4.57 Å². The smallest absolute Gasteiger partial charge is 0.267 e. The highest BCUT2D eigenvalue weighted by Crippen LogP contribution is 2.21. The van der Waals surface area contributed by atoms with Gasteiger partial charge in [-0.1, -0.05) is 30.3 Å². The van der Waals surface area contributed by atoms with E-state index in [0.717, 1.165) is 28.4 Å². The highest BCUT2D eigenvalue weighted by Gasteiger charge is 2.15. The number of anilines is 2. The molecule has 6 heteroatoms. The van der Waals surface area contributed by atoms with Crippen molar-refractivity contribution in [2.24, 2.45) is 0 Å². The molecule has 0 saturated heterocycles. The number of hydrogen-bond donors (Lipinski definition) is 1. The Kier molecular flexibility index (Phi) is 3.69. The van der Waals surface area contributed by atoms with Crippen LogP contribution in [-0.4, -0.2) is 19.2 Å². The van der Waals surface area contributed by atoms with Gasteiger partial charge in [0.05, 0.1) is 16.6 Å². The molecule has 3 aromatic carbocycles. The van der Waals surface area contributed by atoms with E-state index in [1.807, 2.05) is 90.2 Å². The summed E-state index contributed by atoms with van der Waals surface area (Å²) in [5.41, 5.74) is 3.39. The number of nitrogens with one attached hydrogen (secondary N) is 1. The lowest BCUT2D eigenvalue weighted by Crippen LogP contribution is -2.21. The van der Waals surface area contributed by atoms with Crippen LogP contribution >= 0.6 is 0 Å². The summed E-state index contributed by atoms with van der Waals surface area (Å²) in [7, 11) is 0. The van der Waals surface area contributed by atoms with Gasteiger partial charge in [0.1, 0.15) is 5.82 Å². The molecule has 0 amide bonds. The van der Waals surface area contributed by atoms with Crippen molar-refractivity contribution in [2.45, 2.75) is 6.92 Å². The minimum atomic E-state index is -0.112. The highest BCUT2D eigenvalue weighted by atomic mass is 16.1. The zero-order valence-corrected chi connectivity index (χ0v) is 15.2. The van der Waals surface area contributed by atoms with Gasteiger partial charge in [-0.05, 0) is 55.5 Å². The first-order valence-electron chi connectivity index (χ1n) is 9.00. The molecule has 0 fully saturated rings. The van der Waals surface area contributed by atoms with Crippen molar-refractivity contribution in [3.63, 3.8) is 0 Å². The van der Waals surface area contributed by atoms with E-state index in [9.17, 15) is 4.79 Å². The number of para-hydroxylation sites is 2. The lowest BCUT2D eigenvalue weighted by atomic mass is 10.2. The van der Waals surface area contributed by atoms with Crippen molar-refractivity contribution < 1.29 is 0 Å². The van der Waals surface area contributed by atoms with Gasteiger partial charge in [0.25, 0.3) is 5.56 Å². The topological polar surface area (TPSA) is 64.2 Å².